The van der Waals surface area contributed by atoms with Crippen LogP contribution in [0.3, 0.4) is 0 Å². The molecule has 3 amide bonds. The second kappa shape index (κ2) is 11.6. The number of aromatic amines is 1. The van der Waals surface area contributed by atoms with Gasteiger partial charge in [0.2, 0.25) is 17.7 Å². The van der Waals surface area contributed by atoms with E-state index in [0.29, 0.717) is 0 Å². The normalized spacial score (nSPS) is 12.5. The summed E-state index contributed by atoms with van der Waals surface area (Å²) in [6.45, 7) is -0.976. The number of carboxylic acids is 1. The SMILES string of the molecule is NC(Cc1c[nH]c2ccccc12)C(=O)NC(Cc1ccccc1)C(=O)NCC(=O)NCC(=O)O. The van der Waals surface area contributed by atoms with E-state index in [1.807, 2.05) is 60.8 Å². The summed E-state index contributed by atoms with van der Waals surface area (Å²) in [6, 6.07) is 14.9. The van der Waals surface area contributed by atoms with Crippen molar-refractivity contribution < 1.29 is 24.3 Å². The lowest BCUT2D eigenvalue weighted by molar-refractivity contribution is -0.138. The first-order chi connectivity index (χ1) is 16.3. The zero-order valence-corrected chi connectivity index (χ0v) is 18.4. The number of para-hydroxylation sites is 1. The molecule has 0 aliphatic carbocycles. The molecule has 7 N–H and O–H groups in total. The standard InChI is InChI=1S/C24H27N5O5/c25-18(11-16-12-26-19-9-5-4-8-17(16)19)23(33)29-20(10-15-6-2-1-3-7-15)24(34)28-13-21(30)27-14-22(31)32/h1-9,12,18,20,26H,10-11,13-14,25H2,(H,27,30)(H,28,34)(H,29,33)(H,31,32). The Bertz CT molecular complexity index is 1160. The first kappa shape index (κ1) is 24.5. The Labute approximate surface area is 195 Å². The van der Waals surface area contributed by atoms with Gasteiger partial charge in [-0.05, 0) is 23.6 Å². The van der Waals surface area contributed by atoms with Gasteiger partial charge in [0, 0.05) is 23.5 Å². The van der Waals surface area contributed by atoms with Crippen LogP contribution in [0, 0.1) is 0 Å². The molecule has 0 aliphatic rings. The van der Waals surface area contributed by atoms with Crippen molar-refractivity contribution in [2.75, 3.05) is 13.1 Å². The Morgan fingerprint density at radius 3 is 2.32 bits per heavy atom. The van der Waals surface area contributed by atoms with Crippen LogP contribution in [0.25, 0.3) is 10.9 Å². The van der Waals surface area contributed by atoms with Gasteiger partial charge in [0.15, 0.2) is 0 Å². The number of aromatic nitrogens is 1. The molecule has 2 unspecified atom stereocenters. The first-order valence-electron chi connectivity index (χ1n) is 10.7. The van der Waals surface area contributed by atoms with E-state index in [1.54, 1.807) is 0 Å². The molecule has 0 spiro atoms. The van der Waals surface area contributed by atoms with E-state index in [1.165, 1.54) is 0 Å². The van der Waals surface area contributed by atoms with Gasteiger partial charge in [-0.15, -0.1) is 0 Å². The number of benzene rings is 2. The predicted octanol–water partition coefficient (Wildman–Crippen LogP) is 0.0822. The van der Waals surface area contributed by atoms with Crippen LogP contribution in [-0.4, -0.2) is 59.0 Å². The number of aliphatic carboxylic acids is 1. The van der Waals surface area contributed by atoms with Crippen LogP contribution in [-0.2, 0) is 32.0 Å². The first-order valence-corrected chi connectivity index (χ1v) is 10.7. The molecule has 0 saturated heterocycles. The number of nitrogens with one attached hydrogen (secondary N) is 4. The number of hydrogen-bond donors (Lipinski definition) is 6. The van der Waals surface area contributed by atoms with Gasteiger partial charge >= 0.3 is 5.97 Å². The maximum atomic E-state index is 12.9. The number of nitrogens with two attached hydrogens (primary N) is 1. The zero-order chi connectivity index (χ0) is 24.5. The molecular weight excluding hydrogens is 438 g/mol. The molecule has 178 valence electrons. The summed E-state index contributed by atoms with van der Waals surface area (Å²) >= 11 is 0. The van der Waals surface area contributed by atoms with Crippen LogP contribution < -0.4 is 21.7 Å². The Morgan fingerprint density at radius 1 is 0.882 bits per heavy atom. The van der Waals surface area contributed by atoms with Crippen molar-refractivity contribution in [1.82, 2.24) is 20.9 Å². The molecule has 0 bridgehead atoms. The Balaban J connectivity index is 1.64. The van der Waals surface area contributed by atoms with E-state index >= 15 is 0 Å². The minimum atomic E-state index is -1.20. The van der Waals surface area contributed by atoms with E-state index in [9.17, 15) is 19.2 Å². The summed E-state index contributed by atoms with van der Waals surface area (Å²) in [5.41, 5.74) is 8.79. The van der Waals surface area contributed by atoms with Gasteiger partial charge in [0.1, 0.15) is 12.6 Å². The maximum Gasteiger partial charge on any atom is 0.322 e. The van der Waals surface area contributed by atoms with Gasteiger partial charge in [0.05, 0.1) is 12.6 Å². The third kappa shape index (κ3) is 6.91. The van der Waals surface area contributed by atoms with Crippen LogP contribution >= 0.6 is 0 Å². The molecule has 0 radical (unpaired) electrons. The number of rotatable bonds is 11. The fourth-order valence-corrected chi connectivity index (χ4v) is 3.50. The molecule has 10 nitrogen and oxygen atoms in total. The van der Waals surface area contributed by atoms with Gasteiger partial charge < -0.3 is 31.8 Å². The lowest BCUT2D eigenvalue weighted by atomic mass is 10.0. The second-order valence-corrected chi connectivity index (χ2v) is 7.81. The van der Waals surface area contributed by atoms with Gasteiger partial charge in [-0.3, -0.25) is 19.2 Å². The van der Waals surface area contributed by atoms with E-state index < -0.39 is 48.9 Å². The minimum absolute atomic E-state index is 0.189. The zero-order valence-electron chi connectivity index (χ0n) is 18.4. The number of carbonyl (C=O) groups excluding carboxylic acids is 3. The molecular formula is C24H27N5O5. The van der Waals surface area contributed by atoms with Crippen molar-refractivity contribution in [3.8, 4) is 0 Å². The molecule has 2 aromatic carbocycles. The molecule has 1 aromatic heterocycles. The number of H-pyrrole nitrogens is 1. The maximum absolute atomic E-state index is 12.9. The molecule has 10 heteroatoms. The molecule has 2 atom stereocenters. The Morgan fingerprint density at radius 2 is 1.59 bits per heavy atom. The highest BCUT2D eigenvalue weighted by molar-refractivity contribution is 5.93. The topological polar surface area (TPSA) is 166 Å². The van der Waals surface area contributed by atoms with Crippen LogP contribution in [0.2, 0.25) is 0 Å². The summed E-state index contributed by atoms with van der Waals surface area (Å²) in [4.78, 5) is 51.1. The van der Waals surface area contributed by atoms with E-state index in [0.717, 1.165) is 22.0 Å². The smallest absolute Gasteiger partial charge is 0.322 e. The Kier molecular flexibility index (Phi) is 8.36. The molecule has 0 fully saturated rings. The van der Waals surface area contributed by atoms with Gasteiger partial charge in [-0.25, -0.2) is 0 Å². The van der Waals surface area contributed by atoms with Crippen LogP contribution in [0.15, 0.2) is 60.8 Å². The van der Waals surface area contributed by atoms with Crippen molar-refractivity contribution in [2.45, 2.75) is 24.9 Å². The fourth-order valence-electron chi connectivity index (χ4n) is 3.50. The highest BCUT2D eigenvalue weighted by atomic mass is 16.4. The molecule has 3 rings (SSSR count). The second-order valence-electron chi connectivity index (χ2n) is 7.81. The van der Waals surface area contributed by atoms with Crippen molar-refractivity contribution >= 4 is 34.6 Å². The minimum Gasteiger partial charge on any atom is -0.480 e. The van der Waals surface area contributed by atoms with Crippen molar-refractivity contribution in [2.24, 2.45) is 5.73 Å². The largest absolute Gasteiger partial charge is 0.480 e. The summed E-state index contributed by atoms with van der Waals surface area (Å²) in [5.74, 6) is -2.94. The number of hydrogen-bond acceptors (Lipinski definition) is 5. The van der Waals surface area contributed by atoms with E-state index in [2.05, 4.69) is 20.9 Å². The third-order valence-electron chi connectivity index (χ3n) is 5.23. The summed E-state index contributed by atoms with van der Waals surface area (Å²) in [5, 5.41) is 16.9. The van der Waals surface area contributed by atoms with Crippen LogP contribution in [0.1, 0.15) is 11.1 Å². The summed E-state index contributed by atoms with van der Waals surface area (Å²) in [7, 11) is 0. The molecule has 1 heterocycles. The van der Waals surface area contributed by atoms with Gasteiger partial charge in [-0.1, -0.05) is 48.5 Å². The third-order valence-corrected chi connectivity index (χ3v) is 5.23. The highest BCUT2D eigenvalue weighted by Gasteiger charge is 2.25. The Hall–Kier alpha value is -4.18. The summed E-state index contributed by atoms with van der Waals surface area (Å²) < 4.78 is 0. The van der Waals surface area contributed by atoms with E-state index in [4.69, 9.17) is 10.8 Å². The number of fused-ring (bicyclic) bond motifs is 1. The lowest BCUT2D eigenvalue weighted by Gasteiger charge is -2.21. The lowest BCUT2D eigenvalue weighted by Crippen LogP contribution is -2.54. The molecule has 0 saturated carbocycles. The average molecular weight is 466 g/mol. The number of amides is 3. The summed E-state index contributed by atoms with van der Waals surface area (Å²) in [6.07, 6.45) is 2.27. The molecule has 3 aromatic rings. The average Bonchev–Trinajstić information content (AvgIpc) is 3.24. The number of carbonyl (C=O) groups is 4. The quantitative estimate of drug-likeness (QED) is 0.235. The van der Waals surface area contributed by atoms with Crippen molar-refractivity contribution in [3.63, 3.8) is 0 Å². The van der Waals surface area contributed by atoms with Crippen molar-refractivity contribution in [3.05, 3.63) is 71.9 Å². The van der Waals surface area contributed by atoms with Gasteiger partial charge in [0.25, 0.3) is 0 Å². The van der Waals surface area contributed by atoms with Crippen molar-refractivity contribution in [1.29, 1.82) is 0 Å². The predicted molar refractivity (Wildman–Crippen MR) is 126 cm³/mol. The van der Waals surface area contributed by atoms with E-state index in [-0.39, 0.29) is 12.8 Å². The van der Waals surface area contributed by atoms with Gasteiger partial charge in [-0.2, -0.15) is 0 Å². The number of carboxylic acid groups (broad SMARTS) is 1. The molecule has 34 heavy (non-hydrogen) atoms. The van der Waals surface area contributed by atoms with Crippen LogP contribution in [0.5, 0.6) is 0 Å². The molecule has 0 aliphatic heterocycles. The fraction of sp³-hybridized carbons (Fsp3) is 0.250. The van der Waals surface area contributed by atoms with Crippen LogP contribution in [0.4, 0.5) is 0 Å². The monoisotopic (exact) mass is 465 g/mol. The highest BCUT2D eigenvalue weighted by Crippen LogP contribution is 2.18.